The smallest absolute Gasteiger partial charge is 0.198 e. The molecule has 7 unspecified atom stereocenters. The number of ether oxygens (including phenoxy) is 4. The molecule has 2 aliphatic rings. The van der Waals surface area contributed by atoms with E-state index in [-0.39, 0.29) is 0 Å². The number of hydrogen-bond acceptors (Lipinski definition) is 11. The highest BCUT2D eigenvalue weighted by molar-refractivity contribution is 4.94. The molecule has 26 heavy (non-hydrogen) atoms. The van der Waals surface area contributed by atoms with Gasteiger partial charge in [0, 0.05) is 0 Å². The number of aliphatic hydroxyl groups excluding tert-OH is 7. The molecule has 2 fully saturated rings. The van der Waals surface area contributed by atoms with Crippen LogP contribution in [-0.4, -0.2) is 117 Å². The molecular weight excluding hydrogens is 363 g/mol. The molecule has 2 saturated heterocycles. The lowest BCUT2D eigenvalue weighted by molar-refractivity contribution is -0.366. The average molecular weight is 388 g/mol. The highest BCUT2D eigenvalue weighted by Crippen LogP contribution is 2.29. The van der Waals surface area contributed by atoms with Crippen molar-refractivity contribution in [2.75, 3.05) is 13.2 Å². The van der Waals surface area contributed by atoms with Gasteiger partial charge in [0.05, 0.1) is 13.2 Å². The third-order valence-corrected chi connectivity index (χ3v) is 4.28. The fraction of sp³-hybridized carbons (Fsp3) is 1.00. The Morgan fingerprint density at radius 3 is 1.88 bits per heavy atom. The molecule has 0 aromatic heterocycles. The predicted octanol–water partition coefficient (Wildman–Crippen LogP) is -4.06. The first-order valence-corrected chi connectivity index (χ1v) is 8.09. The summed E-state index contributed by atoms with van der Waals surface area (Å²) in [6.07, 6.45) is -17.5. The Bertz CT molecular complexity index is 437. The van der Waals surface area contributed by atoms with Crippen LogP contribution in [0, 0.1) is 0 Å². The van der Waals surface area contributed by atoms with Crippen molar-refractivity contribution in [2.24, 2.45) is 0 Å². The number of halogens is 1. The molecule has 11 nitrogen and oxygen atoms in total. The van der Waals surface area contributed by atoms with Gasteiger partial charge in [-0.05, 0) is 6.92 Å². The predicted molar refractivity (Wildman–Crippen MR) is 78.1 cm³/mol. The quantitative estimate of drug-likeness (QED) is 0.235. The summed E-state index contributed by atoms with van der Waals surface area (Å²) in [6.45, 7) is -0.371. The van der Waals surface area contributed by atoms with E-state index in [0.29, 0.717) is 0 Å². The van der Waals surface area contributed by atoms with Crippen molar-refractivity contribution < 1.29 is 59.1 Å². The molecule has 0 aliphatic carbocycles. The molecule has 7 N–H and O–H groups in total. The van der Waals surface area contributed by atoms with Crippen LogP contribution in [0.15, 0.2) is 0 Å². The molecule has 2 rings (SSSR count). The Morgan fingerprint density at radius 2 is 1.35 bits per heavy atom. The van der Waals surface area contributed by atoms with E-state index in [4.69, 9.17) is 19.3 Å². The molecule has 0 aromatic carbocycles. The molecule has 0 saturated carbocycles. The zero-order valence-electron chi connectivity index (χ0n) is 13.9. The Labute approximate surface area is 148 Å². The van der Waals surface area contributed by atoms with E-state index in [1.54, 1.807) is 0 Å². The van der Waals surface area contributed by atoms with Crippen LogP contribution in [0.1, 0.15) is 6.92 Å². The highest BCUT2D eigenvalue weighted by Gasteiger charge is 2.50. The van der Waals surface area contributed by atoms with Crippen LogP contribution in [-0.2, 0) is 18.9 Å². The van der Waals surface area contributed by atoms with Crippen LogP contribution in [0.25, 0.3) is 0 Å². The van der Waals surface area contributed by atoms with Gasteiger partial charge in [-0.3, -0.25) is 0 Å². The first-order chi connectivity index (χ1) is 12.2. The van der Waals surface area contributed by atoms with Gasteiger partial charge in [-0.25, -0.2) is 4.39 Å². The van der Waals surface area contributed by atoms with E-state index < -0.39 is 81.0 Å². The van der Waals surface area contributed by atoms with E-state index in [1.807, 2.05) is 0 Å². The van der Waals surface area contributed by atoms with Crippen molar-refractivity contribution >= 4 is 0 Å². The van der Waals surface area contributed by atoms with E-state index in [0.717, 1.165) is 6.92 Å². The van der Waals surface area contributed by atoms with Crippen molar-refractivity contribution in [1.82, 2.24) is 0 Å². The standard InChI is InChI=1S/C14H25FO11/c1-4(15)23-13-11(22)9(20)12(6(3-17)25-13)26-14-10(21)8(19)7(18)5(2-16)24-14/h4-14,16-22H,2-3H2,1H3/t4?,5?,6?,7-,8?,9?,10?,11?,12+,13+,14-/m0/s1. The van der Waals surface area contributed by atoms with Crippen molar-refractivity contribution in [2.45, 2.75) is 74.7 Å². The maximum Gasteiger partial charge on any atom is 0.198 e. The molecule has 11 atom stereocenters. The summed E-state index contributed by atoms with van der Waals surface area (Å²) in [6, 6.07) is 0. The van der Waals surface area contributed by atoms with Gasteiger partial charge in [-0.2, -0.15) is 0 Å². The summed E-state index contributed by atoms with van der Waals surface area (Å²) >= 11 is 0. The molecule has 12 heteroatoms. The second kappa shape index (κ2) is 9.12. The van der Waals surface area contributed by atoms with E-state index in [9.17, 15) is 35.0 Å². The monoisotopic (exact) mass is 388 g/mol. The van der Waals surface area contributed by atoms with Gasteiger partial charge in [-0.15, -0.1) is 0 Å². The molecule has 0 amide bonds. The number of rotatable bonds is 6. The second-order valence-corrected chi connectivity index (χ2v) is 6.18. The topological polar surface area (TPSA) is 179 Å². The van der Waals surface area contributed by atoms with Crippen molar-refractivity contribution in [3.63, 3.8) is 0 Å². The summed E-state index contributed by atoms with van der Waals surface area (Å²) < 4.78 is 33.3. The summed E-state index contributed by atoms with van der Waals surface area (Å²) in [5, 5.41) is 68.3. The minimum Gasteiger partial charge on any atom is -0.394 e. The van der Waals surface area contributed by atoms with Gasteiger partial charge in [0.25, 0.3) is 0 Å². The molecule has 2 heterocycles. The summed E-state index contributed by atoms with van der Waals surface area (Å²) in [4.78, 5) is 0. The van der Waals surface area contributed by atoms with Crippen molar-refractivity contribution in [3.8, 4) is 0 Å². The Morgan fingerprint density at radius 1 is 0.808 bits per heavy atom. The first-order valence-electron chi connectivity index (χ1n) is 8.09. The van der Waals surface area contributed by atoms with Crippen LogP contribution in [0.2, 0.25) is 0 Å². The van der Waals surface area contributed by atoms with Crippen molar-refractivity contribution in [3.05, 3.63) is 0 Å². The summed E-state index contributed by atoms with van der Waals surface area (Å²) in [5.74, 6) is 0. The van der Waals surface area contributed by atoms with E-state index >= 15 is 0 Å². The normalized spacial score (nSPS) is 48.3. The zero-order chi connectivity index (χ0) is 19.6. The maximum absolute atomic E-state index is 13.0. The fourth-order valence-corrected chi connectivity index (χ4v) is 2.85. The van der Waals surface area contributed by atoms with Gasteiger partial charge < -0.3 is 54.7 Å². The molecule has 0 bridgehead atoms. The first kappa shape index (κ1) is 21.8. The van der Waals surface area contributed by atoms with Gasteiger partial charge in [0.2, 0.25) is 0 Å². The Hall–Kier alpha value is -0.510. The minimum atomic E-state index is -1.82. The van der Waals surface area contributed by atoms with E-state index in [2.05, 4.69) is 4.74 Å². The van der Waals surface area contributed by atoms with Crippen molar-refractivity contribution in [1.29, 1.82) is 0 Å². The maximum atomic E-state index is 13.0. The minimum absolute atomic E-state index is 0.690. The van der Waals surface area contributed by atoms with Crippen LogP contribution in [0.4, 0.5) is 4.39 Å². The largest absolute Gasteiger partial charge is 0.394 e. The molecule has 154 valence electrons. The zero-order valence-corrected chi connectivity index (χ0v) is 13.9. The van der Waals surface area contributed by atoms with Gasteiger partial charge >= 0.3 is 0 Å². The number of hydrogen-bond donors (Lipinski definition) is 7. The van der Waals surface area contributed by atoms with Crippen LogP contribution in [0.5, 0.6) is 0 Å². The lowest BCUT2D eigenvalue weighted by Gasteiger charge is -2.45. The fourth-order valence-electron chi connectivity index (χ4n) is 2.85. The Kier molecular flexibility index (Phi) is 7.64. The van der Waals surface area contributed by atoms with Gasteiger partial charge in [0.1, 0.15) is 48.8 Å². The summed E-state index contributed by atoms with van der Waals surface area (Å²) in [5.41, 5.74) is 0. The van der Waals surface area contributed by atoms with Crippen LogP contribution in [0.3, 0.4) is 0 Å². The number of aliphatic hydroxyl groups is 7. The summed E-state index contributed by atoms with van der Waals surface area (Å²) in [7, 11) is 0. The average Bonchev–Trinajstić information content (AvgIpc) is 2.60. The third kappa shape index (κ3) is 4.48. The van der Waals surface area contributed by atoms with Gasteiger partial charge in [-0.1, -0.05) is 0 Å². The molecule has 0 radical (unpaired) electrons. The second-order valence-electron chi connectivity index (χ2n) is 6.18. The van der Waals surface area contributed by atoms with Crippen LogP contribution < -0.4 is 0 Å². The molecule has 0 spiro atoms. The van der Waals surface area contributed by atoms with E-state index in [1.165, 1.54) is 0 Å². The highest BCUT2D eigenvalue weighted by atomic mass is 19.1. The number of alkyl halides is 1. The molecule has 2 aliphatic heterocycles. The third-order valence-electron chi connectivity index (χ3n) is 4.28. The Balaban J connectivity index is 2.11. The SMILES string of the molecule is CC(F)O[C@@H]1OC(CO)[C@@H](O[C@@H]2OC(CO)[C@H](O)C(O)C2O)C(O)C1O. The molecule has 0 aromatic rings. The van der Waals surface area contributed by atoms with Crippen LogP contribution >= 0.6 is 0 Å². The molecular formula is C14H25FO11. The van der Waals surface area contributed by atoms with Gasteiger partial charge in [0.15, 0.2) is 18.9 Å². The lowest BCUT2D eigenvalue weighted by atomic mass is 9.97. The lowest BCUT2D eigenvalue weighted by Crippen LogP contribution is -2.64.